The van der Waals surface area contributed by atoms with E-state index in [9.17, 15) is 0 Å². The van der Waals surface area contributed by atoms with Crippen LogP contribution < -0.4 is 4.74 Å². The Hall–Kier alpha value is -1.06. The van der Waals surface area contributed by atoms with Crippen molar-refractivity contribution in [1.29, 1.82) is 0 Å². The van der Waals surface area contributed by atoms with Crippen LogP contribution in [0, 0.1) is 5.92 Å². The Balaban J connectivity index is 2.42. The fourth-order valence-corrected chi connectivity index (χ4v) is 1.17. The number of hydrogen-bond donors (Lipinski definition) is 2. The zero-order valence-electron chi connectivity index (χ0n) is 9.02. The standard InChI is InChI=1S/C12H18O3/c1-10(8-14)9-15-12-4-2-11(3-5-12)6-7-13/h2-5,10,13-14H,6-9H2,1H3. The zero-order chi connectivity index (χ0) is 11.1. The van der Waals surface area contributed by atoms with Crippen LogP contribution in [0.3, 0.4) is 0 Å². The average Bonchev–Trinajstić information content (AvgIpc) is 2.28. The number of rotatable bonds is 6. The summed E-state index contributed by atoms with van der Waals surface area (Å²) >= 11 is 0. The minimum absolute atomic E-state index is 0.141. The summed E-state index contributed by atoms with van der Waals surface area (Å²) in [7, 11) is 0. The molecule has 1 aromatic rings. The van der Waals surface area contributed by atoms with E-state index in [4.69, 9.17) is 14.9 Å². The monoisotopic (exact) mass is 210 g/mol. The number of aliphatic hydroxyl groups is 2. The van der Waals surface area contributed by atoms with Gasteiger partial charge in [-0.15, -0.1) is 0 Å². The van der Waals surface area contributed by atoms with E-state index >= 15 is 0 Å². The molecule has 1 atom stereocenters. The molecule has 84 valence electrons. The van der Waals surface area contributed by atoms with Gasteiger partial charge in [-0.05, 0) is 24.1 Å². The fourth-order valence-electron chi connectivity index (χ4n) is 1.17. The lowest BCUT2D eigenvalue weighted by Crippen LogP contribution is -2.12. The number of ether oxygens (including phenoxy) is 1. The highest BCUT2D eigenvalue weighted by Crippen LogP contribution is 2.13. The van der Waals surface area contributed by atoms with Crippen LogP contribution in [0.4, 0.5) is 0 Å². The second kappa shape index (κ2) is 6.43. The van der Waals surface area contributed by atoms with Crippen molar-refractivity contribution in [3.8, 4) is 5.75 Å². The van der Waals surface area contributed by atoms with E-state index in [1.165, 1.54) is 0 Å². The van der Waals surface area contributed by atoms with E-state index in [-0.39, 0.29) is 19.1 Å². The van der Waals surface area contributed by atoms with Crippen LogP contribution in [-0.4, -0.2) is 30.0 Å². The predicted molar refractivity (Wildman–Crippen MR) is 59.0 cm³/mol. The molecular weight excluding hydrogens is 192 g/mol. The zero-order valence-corrected chi connectivity index (χ0v) is 9.02. The third kappa shape index (κ3) is 4.32. The van der Waals surface area contributed by atoms with E-state index in [0.717, 1.165) is 11.3 Å². The Bertz CT molecular complexity index is 269. The van der Waals surface area contributed by atoms with E-state index in [1.54, 1.807) is 0 Å². The molecule has 1 rings (SSSR count). The van der Waals surface area contributed by atoms with Crippen LogP contribution in [0.25, 0.3) is 0 Å². The molecule has 0 heterocycles. The van der Waals surface area contributed by atoms with Crippen LogP contribution in [0.2, 0.25) is 0 Å². The summed E-state index contributed by atoms with van der Waals surface area (Å²) in [4.78, 5) is 0. The molecule has 0 bridgehead atoms. The van der Waals surface area contributed by atoms with Gasteiger partial charge >= 0.3 is 0 Å². The van der Waals surface area contributed by atoms with E-state index < -0.39 is 0 Å². The van der Waals surface area contributed by atoms with Gasteiger partial charge in [0, 0.05) is 19.1 Å². The minimum atomic E-state index is 0.141. The van der Waals surface area contributed by atoms with E-state index in [0.29, 0.717) is 13.0 Å². The lowest BCUT2D eigenvalue weighted by Gasteiger charge is -2.10. The number of aliphatic hydroxyl groups excluding tert-OH is 2. The maximum atomic E-state index is 8.82. The maximum Gasteiger partial charge on any atom is 0.119 e. The van der Waals surface area contributed by atoms with Crippen LogP contribution in [0.15, 0.2) is 24.3 Å². The van der Waals surface area contributed by atoms with Gasteiger partial charge in [0.05, 0.1) is 6.61 Å². The van der Waals surface area contributed by atoms with Gasteiger partial charge in [-0.3, -0.25) is 0 Å². The molecule has 15 heavy (non-hydrogen) atoms. The minimum Gasteiger partial charge on any atom is -0.493 e. The second-order valence-corrected chi connectivity index (χ2v) is 3.72. The molecule has 0 saturated carbocycles. The van der Waals surface area contributed by atoms with Crippen molar-refractivity contribution in [2.45, 2.75) is 13.3 Å². The Labute approximate surface area is 90.3 Å². The van der Waals surface area contributed by atoms with Crippen LogP contribution >= 0.6 is 0 Å². The molecule has 1 aromatic carbocycles. The van der Waals surface area contributed by atoms with Gasteiger partial charge < -0.3 is 14.9 Å². The van der Waals surface area contributed by atoms with Crippen molar-refractivity contribution in [2.75, 3.05) is 19.8 Å². The lowest BCUT2D eigenvalue weighted by atomic mass is 10.1. The van der Waals surface area contributed by atoms with Gasteiger partial charge in [0.15, 0.2) is 0 Å². The smallest absolute Gasteiger partial charge is 0.119 e. The third-order valence-corrected chi connectivity index (χ3v) is 2.17. The molecule has 0 aromatic heterocycles. The molecule has 0 aliphatic rings. The second-order valence-electron chi connectivity index (χ2n) is 3.72. The van der Waals surface area contributed by atoms with Crippen molar-refractivity contribution >= 4 is 0 Å². The van der Waals surface area contributed by atoms with Crippen molar-refractivity contribution in [3.05, 3.63) is 29.8 Å². The molecule has 2 N–H and O–H groups in total. The van der Waals surface area contributed by atoms with Crippen molar-refractivity contribution in [3.63, 3.8) is 0 Å². The fraction of sp³-hybridized carbons (Fsp3) is 0.500. The molecule has 0 fully saturated rings. The first kappa shape index (κ1) is 12.0. The highest BCUT2D eigenvalue weighted by molar-refractivity contribution is 5.27. The highest BCUT2D eigenvalue weighted by atomic mass is 16.5. The van der Waals surface area contributed by atoms with Gasteiger partial charge in [0.1, 0.15) is 5.75 Å². The van der Waals surface area contributed by atoms with Crippen molar-refractivity contribution < 1.29 is 14.9 Å². The Morgan fingerprint density at radius 3 is 2.40 bits per heavy atom. The van der Waals surface area contributed by atoms with Gasteiger partial charge in [0.25, 0.3) is 0 Å². The summed E-state index contributed by atoms with van der Waals surface area (Å²) in [6.45, 7) is 2.76. The molecule has 3 heteroatoms. The molecule has 0 amide bonds. The van der Waals surface area contributed by atoms with E-state index in [2.05, 4.69) is 0 Å². The summed E-state index contributed by atoms with van der Waals surface area (Å²) in [5.74, 6) is 0.958. The third-order valence-electron chi connectivity index (χ3n) is 2.17. The van der Waals surface area contributed by atoms with Crippen LogP contribution in [0.5, 0.6) is 5.75 Å². The molecule has 3 nitrogen and oxygen atoms in total. The molecule has 1 unspecified atom stereocenters. The molecule has 0 aliphatic heterocycles. The molecule has 0 aliphatic carbocycles. The van der Waals surface area contributed by atoms with E-state index in [1.807, 2.05) is 31.2 Å². The van der Waals surface area contributed by atoms with Gasteiger partial charge in [-0.25, -0.2) is 0 Å². The largest absolute Gasteiger partial charge is 0.493 e. The first-order chi connectivity index (χ1) is 7.26. The number of hydrogen-bond acceptors (Lipinski definition) is 3. The summed E-state index contributed by atoms with van der Waals surface area (Å²) in [5, 5.41) is 17.6. The van der Waals surface area contributed by atoms with Crippen LogP contribution in [-0.2, 0) is 6.42 Å². The summed E-state index contributed by atoms with van der Waals surface area (Å²) in [6, 6.07) is 7.65. The van der Waals surface area contributed by atoms with Gasteiger partial charge in [0.2, 0.25) is 0 Å². The Morgan fingerprint density at radius 1 is 1.20 bits per heavy atom. The number of benzene rings is 1. The van der Waals surface area contributed by atoms with Gasteiger partial charge in [-0.2, -0.15) is 0 Å². The first-order valence-corrected chi connectivity index (χ1v) is 5.19. The summed E-state index contributed by atoms with van der Waals surface area (Å²) in [6.07, 6.45) is 0.674. The van der Waals surface area contributed by atoms with Crippen molar-refractivity contribution in [2.24, 2.45) is 5.92 Å². The van der Waals surface area contributed by atoms with Crippen molar-refractivity contribution in [1.82, 2.24) is 0 Å². The quantitative estimate of drug-likeness (QED) is 0.742. The molecule has 0 radical (unpaired) electrons. The molecule has 0 spiro atoms. The lowest BCUT2D eigenvalue weighted by molar-refractivity contribution is 0.174. The van der Waals surface area contributed by atoms with Crippen LogP contribution in [0.1, 0.15) is 12.5 Å². The average molecular weight is 210 g/mol. The molecule has 0 saturated heterocycles. The van der Waals surface area contributed by atoms with Gasteiger partial charge in [-0.1, -0.05) is 19.1 Å². The Morgan fingerprint density at radius 2 is 1.87 bits per heavy atom. The highest BCUT2D eigenvalue weighted by Gasteiger charge is 2.01. The maximum absolute atomic E-state index is 8.82. The summed E-state index contributed by atoms with van der Waals surface area (Å²) < 4.78 is 5.47. The topological polar surface area (TPSA) is 49.7 Å². The predicted octanol–water partition coefficient (Wildman–Crippen LogP) is 1.23. The SMILES string of the molecule is CC(CO)COc1ccc(CCO)cc1. The normalized spacial score (nSPS) is 12.5. The first-order valence-electron chi connectivity index (χ1n) is 5.19. The summed E-state index contributed by atoms with van der Waals surface area (Å²) in [5.41, 5.74) is 1.10. The Kier molecular flexibility index (Phi) is 5.15. The molecular formula is C12H18O3.